The summed E-state index contributed by atoms with van der Waals surface area (Å²) >= 11 is 0. The summed E-state index contributed by atoms with van der Waals surface area (Å²) in [5.41, 5.74) is 0.879. The molecule has 0 aliphatic heterocycles. The average molecular weight is 246 g/mol. The van der Waals surface area contributed by atoms with E-state index in [0.717, 1.165) is 5.56 Å². The van der Waals surface area contributed by atoms with Crippen LogP contribution in [0.4, 0.5) is 0 Å². The van der Waals surface area contributed by atoms with Crippen LogP contribution in [-0.4, -0.2) is 30.8 Å². The predicted molar refractivity (Wildman–Crippen MR) is 58.3 cm³/mol. The lowest BCUT2D eigenvalue weighted by atomic mass is 10.1. The summed E-state index contributed by atoms with van der Waals surface area (Å²) in [6.07, 6.45) is -0.280. The zero-order valence-electron chi connectivity index (χ0n) is 8.61. The Bertz CT molecular complexity index is 400. The van der Waals surface area contributed by atoms with Crippen molar-refractivity contribution in [1.29, 1.82) is 0 Å². The molecule has 6 heteroatoms. The average Bonchev–Trinajstić information content (AvgIpc) is 2.17. The maximum atomic E-state index is 10.6. The molecule has 1 atom stereocenters. The Morgan fingerprint density at radius 3 is 2.38 bits per heavy atom. The van der Waals surface area contributed by atoms with Crippen LogP contribution in [0, 0.1) is 0 Å². The first-order valence-electron chi connectivity index (χ1n) is 4.82. The van der Waals surface area contributed by atoms with Gasteiger partial charge in [-0.1, -0.05) is 30.3 Å². The van der Waals surface area contributed by atoms with Gasteiger partial charge < -0.3 is 5.11 Å². The van der Waals surface area contributed by atoms with Crippen molar-refractivity contribution in [2.45, 2.75) is 18.9 Å². The molecule has 1 unspecified atom stereocenters. The van der Waals surface area contributed by atoms with E-state index < -0.39 is 16.5 Å². The molecule has 0 saturated heterocycles. The molecule has 2 N–H and O–H groups in total. The monoisotopic (exact) mass is 246 g/mol. The third-order valence-electron chi connectivity index (χ3n) is 2.01. The van der Waals surface area contributed by atoms with Crippen LogP contribution in [0.15, 0.2) is 30.3 Å². The smallest absolute Gasteiger partial charge is 0.396 e. The zero-order chi connectivity index (χ0) is 12.0. The van der Waals surface area contributed by atoms with Crippen LogP contribution in [0.1, 0.15) is 12.0 Å². The van der Waals surface area contributed by atoms with E-state index in [2.05, 4.69) is 4.18 Å². The minimum absolute atomic E-state index is 0.148. The van der Waals surface area contributed by atoms with E-state index in [4.69, 9.17) is 9.66 Å². The Morgan fingerprint density at radius 2 is 1.88 bits per heavy atom. The van der Waals surface area contributed by atoms with Crippen molar-refractivity contribution in [1.82, 2.24) is 0 Å². The van der Waals surface area contributed by atoms with Crippen LogP contribution in [0.5, 0.6) is 0 Å². The molecule has 0 radical (unpaired) electrons. The molecular weight excluding hydrogens is 232 g/mol. The zero-order valence-corrected chi connectivity index (χ0v) is 9.43. The van der Waals surface area contributed by atoms with Crippen molar-refractivity contribution in [3.05, 3.63) is 35.9 Å². The highest BCUT2D eigenvalue weighted by Crippen LogP contribution is 2.10. The number of hydrogen-bond donors (Lipinski definition) is 2. The van der Waals surface area contributed by atoms with Crippen LogP contribution in [-0.2, 0) is 21.0 Å². The molecule has 0 amide bonds. The third kappa shape index (κ3) is 5.22. The fourth-order valence-corrected chi connectivity index (χ4v) is 1.89. The molecule has 0 aliphatic rings. The summed E-state index contributed by atoms with van der Waals surface area (Å²) in [4.78, 5) is 0. The first-order valence-corrected chi connectivity index (χ1v) is 6.18. The Balaban J connectivity index is 2.65. The van der Waals surface area contributed by atoms with E-state index in [0.29, 0.717) is 6.42 Å². The molecule has 90 valence electrons. The van der Waals surface area contributed by atoms with Crippen molar-refractivity contribution < 1.29 is 22.3 Å². The van der Waals surface area contributed by atoms with Gasteiger partial charge in [-0.05, 0) is 12.0 Å². The molecule has 0 saturated carbocycles. The fourth-order valence-electron chi connectivity index (χ4n) is 1.38. The van der Waals surface area contributed by atoms with Crippen molar-refractivity contribution in [2.75, 3.05) is 6.61 Å². The molecule has 5 nitrogen and oxygen atoms in total. The standard InChI is InChI=1S/C10H14O5S/c11-7-6-10(15-16(12,13)14)8-9-4-2-1-3-5-9/h1-5,10-11H,6-8H2,(H,12,13,14). The predicted octanol–water partition coefficient (Wildman–Crippen LogP) is 0.800. The second-order valence-corrected chi connectivity index (χ2v) is 4.40. The van der Waals surface area contributed by atoms with Crippen molar-refractivity contribution in [2.24, 2.45) is 0 Å². The molecule has 0 bridgehead atoms. The number of hydrogen-bond acceptors (Lipinski definition) is 4. The lowest BCUT2D eigenvalue weighted by Gasteiger charge is -2.14. The normalized spacial score (nSPS) is 13.6. The first kappa shape index (κ1) is 13.1. The SMILES string of the molecule is O=S(=O)(O)OC(CCO)Cc1ccccc1. The van der Waals surface area contributed by atoms with E-state index >= 15 is 0 Å². The third-order valence-corrected chi connectivity index (χ3v) is 2.53. The second kappa shape index (κ2) is 5.95. The van der Waals surface area contributed by atoms with Gasteiger partial charge in [-0.2, -0.15) is 8.42 Å². The molecule has 16 heavy (non-hydrogen) atoms. The summed E-state index contributed by atoms with van der Waals surface area (Å²) in [6.45, 7) is -0.201. The van der Waals surface area contributed by atoms with E-state index in [1.165, 1.54) is 0 Å². The molecule has 1 aromatic rings. The second-order valence-electron chi connectivity index (χ2n) is 3.35. The van der Waals surface area contributed by atoms with Crippen LogP contribution in [0.3, 0.4) is 0 Å². The van der Waals surface area contributed by atoms with Gasteiger partial charge in [0.25, 0.3) is 0 Å². The molecule has 0 aliphatic carbocycles. The Kier molecular flexibility index (Phi) is 4.88. The first-order chi connectivity index (χ1) is 7.51. The Hall–Kier alpha value is -0.950. The minimum Gasteiger partial charge on any atom is -0.396 e. The largest absolute Gasteiger partial charge is 0.397 e. The summed E-state index contributed by atoms with van der Waals surface area (Å²) in [6, 6.07) is 9.11. The summed E-state index contributed by atoms with van der Waals surface area (Å²) in [5, 5.41) is 8.76. The maximum Gasteiger partial charge on any atom is 0.397 e. The highest BCUT2D eigenvalue weighted by atomic mass is 32.3. The van der Waals surface area contributed by atoms with Gasteiger partial charge in [0.1, 0.15) is 0 Å². The van der Waals surface area contributed by atoms with Gasteiger partial charge in [-0.3, -0.25) is 4.55 Å². The van der Waals surface area contributed by atoms with Gasteiger partial charge >= 0.3 is 10.4 Å². The van der Waals surface area contributed by atoms with Gasteiger partial charge in [0, 0.05) is 13.0 Å². The lowest BCUT2D eigenvalue weighted by Crippen LogP contribution is -2.21. The molecule has 0 fully saturated rings. The van der Waals surface area contributed by atoms with Crippen LogP contribution < -0.4 is 0 Å². The highest BCUT2D eigenvalue weighted by Gasteiger charge is 2.17. The van der Waals surface area contributed by atoms with Crippen molar-refractivity contribution in [3.63, 3.8) is 0 Å². The van der Waals surface area contributed by atoms with Crippen molar-refractivity contribution in [3.8, 4) is 0 Å². The van der Waals surface area contributed by atoms with E-state index in [1.54, 1.807) is 0 Å². The molecule has 0 heterocycles. The van der Waals surface area contributed by atoms with Gasteiger partial charge in [0.05, 0.1) is 6.10 Å². The van der Waals surface area contributed by atoms with E-state index in [9.17, 15) is 8.42 Å². The Labute approximate surface area is 94.6 Å². The van der Waals surface area contributed by atoms with E-state index in [-0.39, 0.29) is 13.0 Å². The van der Waals surface area contributed by atoms with E-state index in [1.807, 2.05) is 30.3 Å². The topological polar surface area (TPSA) is 83.8 Å². The molecule has 1 aromatic carbocycles. The van der Waals surface area contributed by atoms with Crippen molar-refractivity contribution >= 4 is 10.4 Å². The number of aliphatic hydroxyl groups is 1. The van der Waals surface area contributed by atoms with Gasteiger partial charge in [0.15, 0.2) is 0 Å². The summed E-state index contributed by atoms with van der Waals surface area (Å²) in [7, 11) is -4.48. The van der Waals surface area contributed by atoms with Gasteiger partial charge in [-0.15, -0.1) is 0 Å². The molecule has 1 rings (SSSR count). The maximum absolute atomic E-state index is 10.6. The molecule has 0 aromatic heterocycles. The Morgan fingerprint density at radius 1 is 1.25 bits per heavy atom. The number of benzene rings is 1. The molecule has 0 spiro atoms. The summed E-state index contributed by atoms with van der Waals surface area (Å²) in [5.74, 6) is 0. The highest BCUT2D eigenvalue weighted by molar-refractivity contribution is 7.80. The number of aliphatic hydroxyl groups excluding tert-OH is 1. The quantitative estimate of drug-likeness (QED) is 0.725. The lowest BCUT2D eigenvalue weighted by molar-refractivity contribution is 0.143. The fraction of sp³-hybridized carbons (Fsp3) is 0.400. The molecular formula is C10H14O5S. The van der Waals surface area contributed by atoms with Gasteiger partial charge in [0.2, 0.25) is 0 Å². The minimum atomic E-state index is -4.48. The van der Waals surface area contributed by atoms with Gasteiger partial charge in [-0.25, -0.2) is 4.18 Å². The van der Waals surface area contributed by atoms with Crippen LogP contribution in [0.25, 0.3) is 0 Å². The summed E-state index contributed by atoms with van der Waals surface area (Å²) < 4.78 is 34.1. The number of rotatable bonds is 6. The van der Waals surface area contributed by atoms with Crippen LogP contribution >= 0.6 is 0 Å². The van der Waals surface area contributed by atoms with Crippen LogP contribution in [0.2, 0.25) is 0 Å².